The van der Waals surface area contributed by atoms with E-state index < -0.39 is 0 Å². The number of benzene rings is 14. The van der Waals surface area contributed by atoms with Gasteiger partial charge in [-0.15, -0.1) is 0 Å². The summed E-state index contributed by atoms with van der Waals surface area (Å²) < 4.78 is 9.46. The summed E-state index contributed by atoms with van der Waals surface area (Å²) in [5, 5.41) is 10.3. The number of hydrogen-bond donors (Lipinski definition) is 0. The molecule has 0 unspecified atom stereocenters. The SMILES string of the molecule is c1cc(-c2ccc(-n3c4ccccc4c4ccccc43)cc2)cc(-c2cccc(-c3ccc(-n4c5ccccc5c5ccccc54)cc3)c2)c1.c1ccc2c(c1)c1ccccc1n2-c1ccc(-c2ccc(-n3c4ccccc4c4ccccc43)cc2)cc1. The van der Waals surface area contributed by atoms with Gasteiger partial charge >= 0.3 is 0 Å². The molecular weight excluding hydrogens is 1060 g/mol. The van der Waals surface area contributed by atoms with E-state index in [-0.39, 0.29) is 0 Å². The zero-order valence-corrected chi connectivity index (χ0v) is 48.1. The molecule has 0 spiro atoms. The number of para-hydroxylation sites is 8. The second kappa shape index (κ2) is 21.1. The van der Waals surface area contributed by atoms with Crippen LogP contribution in [-0.2, 0) is 0 Å². The fraction of sp³-hybridized carbons (Fsp3) is 0. The van der Waals surface area contributed by atoms with E-state index in [0.717, 1.165) is 0 Å². The standard InChI is InChI=1S/C48H32N2.C36H24N2/c1-5-19-45-41(15-1)42-16-2-6-20-46(42)49(45)39-27-23-33(24-28-39)35-11-9-13-37(31-35)38-14-10-12-36(32-38)34-25-29-40(30-26-34)50-47-21-7-3-17-43(47)44-18-4-8-22-48(44)50;1-5-13-33-29(9-1)30-10-2-6-14-34(30)37(33)27-21-17-25(18-22-27)26-19-23-28(24-20-26)38-35-15-7-3-11-31(35)32-12-4-8-16-36(32)38/h1-32H;1-24H. The summed E-state index contributed by atoms with van der Waals surface area (Å²) >= 11 is 0. The molecule has 0 aliphatic heterocycles. The second-order valence-corrected chi connectivity index (χ2v) is 22.8. The molecule has 18 aromatic rings. The molecule has 4 heteroatoms. The number of nitrogens with zero attached hydrogens (tertiary/aromatic N) is 4. The van der Waals surface area contributed by atoms with Gasteiger partial charge in [-0.1, -0.05) is 231 Å². The molecule has 14 aromatic carbocycles. The molecule has 0 radical (unpaired) electrons. The van der Waals surface area contributed by atoms with Crippen LogP contribution < -0.4 is 0 Å². The summed E-state index contributed by atoms with van der Waals surface area (Å²) in [5.74, 6) is 0. The molecule has 412 valence electrons. The lowest BCUT2D eigenvalue weighted by Crippen LogP contribution is -1.94. The van der Waals surface area contributed by atoms with Crippen LogP contribution in [0.2, 0.25) is 0 Å². The van der Waals surface area contributed by atoms with Crippen molar-refractivity contribution in [1.82, 2.24) is 18.3 Å². The average Bonchev–Trinajstić information content (AvgIpc) is 2.20. The van der Waals surface area contributed by atoms with Crippen LogP contribution in [0.25, 0.3) is 154 Å². The normalized spacial score (nSPS) is 11.6. The first kappa shape index (κ1) is 50.8. The summed E-state index contributed by atoms with van der Waals surface area (Å²) in [7, 11) is 0. The maximum atomic E-state index is 2.37. The van der Waals surface area contributed by atoms with Gasteiger partial charge in [0.2, 0.25) is 0 Å². The van der Waals surface area contributed by atoms with Gasteiger partial charge in [0.15, 0.2) is 0 Å². The van der Waals surface area contributed by atoms with Gasteiger partial charge in [0, 0.05) is 65.8 Å². The van der Waals surface area contributed by atoms with Crippen molar-refractivity contribution in [3.05, 3.63) is 340 Å². The lowest BCUT2D eigenvalue weighted by Gasteiger charge is -2.11. The third kappa shape index (κ3) is 8.53. The largest absolute Gasteiger partial charge is 0.309 e. The third-order valence-electron chi connectivity index (χ3n) is 17.9. The van der Waals surface area contributed by atoms with E-state index in [1.807, 2.05) is 0 Å². The van der Waals surface area contributed by atoms with Crippen LogP contribution >= 0.6 is 0 Å². The van der Waals surface area contributed by atoms with Crippen molar-refractivity contribution in [2.75, 3.05) is 0 Å². The van der Waals surface area contributed by atoms with Gasteiger partial charge in [-0.25, -0.2) is 0 Å². The number of fused-ring (bicyclic) bond motifs is 12. The van der Waals surface area contributed by atoms with Gasteiger partial charge in [0.25, 0.3) is 0 Å². The van der Waals surface area contributed by atoms with Crippen LogP contribution in [0.3, 0.4) is 0 Å². The minimum absolute atomic E-state index is 1.17. The quantitative estimate of drug-likeness (QED) is 0.144. The summed E-state index contributed by atoms with van der Waals surface area (Å²) in [5.41, 5.74) is 24.2. The van der Waals surface area contributed by atoms with Crippen molar-refractivity contribution in [2.45, 2.75) is 0 Å². The minimum atomic E-state index is 1.17. The molecule has 18 rings (SSSR count). The number of hydrogen-bond acceptors (Lipinski definition) is 0. The Morgan fingerprint density at radius 1 is 0.125 bits per heavy atom. The molecule has 0 saturated carbocycles. The number of rotatable bonds is 8. The van der Waals surface area contributed by atoms with Gasteiger partial charge < -0.3 is 18.3 Å². The molecule has 0 bridgehead atoms. The lowest BCUT2D eigenvalue weighted by molar-refractivity contribution is 1.18. The van der Waals surface area contributed by atoms with Crippen LogP contribution in [-0.4, -0.2) is 18.3 Å². The summed E-state index contributed by atoms with van der Waals surface area (Å²) in [6, 6.07) is 123. The van der Waals surface area contributed by atoms with Crippen molar-refractivity contribution < 1.29 is 0 Å². The molecule has 0 fully saturated rings. The third-order valence-corrected chi connectivity index (χ3v) is 17.9. The first-order valence-electron chi connectivity index (χ1n) is 30.2. The zero-order valence-electron chi connectivity index (χ0n) is 48.1. The van der Waals surface area contributed by atoms with Crippen LogP contribution in [0.15, 0.2) is 340 Å². The highest BCUT2D eigenvalue weighted by Crippen LogP contribution is 2.39. The van der Waals surface area contributed by atoms with E-state index in [0.29, 0.717) is 0 Å². The first-order chi connectivity index (χ1) is 43.7. The fourth-order valence-corrected chi connectivity index (χ4v) is 13.8. The van der Waals surface area contributed by atoms with Crippen molar-refractivity contribution in [1.29, 1.82) is 0 Å². The van der Waals surface area contributed by atoms with Crippen molar-refractivity contribution >= 4 is 87.2 Å². The van der Waals surface area contributed by atoms with Crippen LogP contribution in [0.4, 0.5) is 0 Å². The summed E-state index contributed by atoms with van der Waals surface area (Å²) in [4.78, 5) is 0. The van der Waals surface area contributed by atoms with E-state index in [4.69, 9.17) is 0 Å². The Balaban J connectivity index is 0.000000142. The maximum Gasteiger partial charge on any atom is 0.0541 e. The van der Waals surface area contributed by atoms with Crippen molar-refractivity contribution in [3.8, 4) is 67.3 Å². The summed E-state index contributed by atoms with van der Waals surface area (Å²) in [6.45, 7) is 0. The topological polar surface area (TPSA) is 19.7 Å². The van der Waals surface area contributed by atoms with E-state index in [2.05, 4.69) is 358 Å². The Labute approximate surface area is 509 Å². The Kier molecular flexibility index (Phi) is 12.2. The zero-order chi connectivity index (χ0) is 58.1. The van der Waals surface area contributed by atoms with Gasteiger partial charge in [0.1, 0.15) is 0 Å². The van der Waals surface area contributed by atoms with Crippen molar-refractivity contribution in [2.24, 2.45) is 0 Å². The summed E-state index contributed by atoms with van der Waals surface area (Å²) in [6.07, 6.45) is 0. The molecule has 0 saturated heterocycles. The molecule has 0 aliphatic rings. The molecule has 0 N–H and O–H groups in total. The van der Waals surface area contributed by atoms with Crippen LogP contribution in [0, 0.1) is 0 Å². The Morgan fingerprint density at radius 3 is 0.477 bits per heavy atom. The van der Waals surface area contributed by atoms with E-state index in [1.165, 1.54) is 154 Å². The van der Waals surface area contributed by atoms with Gasteiger partial charge in [-0.05, 0) is 154 Å². The van der Waals surface area contributed by atoms with Gasteiger partial charge in [0.05, 0.1) is 44.1 Å². The first-order valence-corrected chi connectivity index (χ1v) is 30.2. The molecule has 4 nitrogen and oxygen atoms in total. The molecule has 4 aromatic heterocycles. The molecular formula is C84H56N4. The predicted octanol–water partition coefficient (Wildman–Crippen LogP) is 22.4. The van der Waals surface area contributed by atoms with E-state index >= 15 is 0 Å². The smallest absolute Gasteiger partial charge is 0.0541 e. The highest BCUT2D eigenvalue weighted by molar-refractivity contribution is 6.12. The highest BCUT2D eigenvalue weighted by Gasteiger charge is 2.17. The highest BCUT2D eigenvalue weighted by atomic mass is 15.0. The van der Waals surface area contributed by atoms with Crippen molar-refractivity contribution in [3.63, 3.8) is 0 Å². The predicted molar refractivity (Wildman–Crippen MR) is 372 cm³/mol. The number of aromatic nitrogens is 4. The van der Waals surface area contributed by atoms with E-state index in [9.17, 15) is 0 Å². The molecule has 0 aliphatic carbocycles. The average molecular weight is 1120 g/mol. The Hall–Kier alpha value is -11.7. The monoisotopic (exact) mass is 1120 g/mol. The fourth-order valence-electron chi connectivity index (χ4n) is 13.8. The van der Waals surface area contributed by atoms with Crippen LogP contribution in [0.5, 0.6) is 0 Å². The second-order valence-electron chi connectivity index (χ2n) is 22.8. The lowest BCUT2D eigenvalue weighted by atomic mass is 9.96. The Morgan fingerprint density at radius 2 is 0.284 bits per heavy atom. The molecule has 0 amide bonds. The van der Waals surface area contributed by atoms with Gasteiger partial charge in [-0.2, -0.15) is 0 Å². The molecule has 4 heterocycles. The van der Waals surface area contributed by atoms with E-state index in [1.54, 1.807) is 0 Å². The minimum Gasteiger partial charge on any atom is -0.309 e. The molecule has 88 heavy (non-hydrogen) atoms. The van der Waals surface area contributed by atoms with Crippen LogP contribution in [0.1, 0.15) is 0 Å². The van der Waals surface area contributed by atoms with Gasteiger partial charge in [-0.3, -0.25) is 0 Å². The Bertz CT molecular complexity index is 5090. The molecule has 0 atom stereocenters. The maximum absolute atomic E-state index is 2.37.